The quantitative estimate of drug-likeness (QED) is 0.383. The monoisotopic (exact) mass is 302 g/mol. The maximum Gasteiger partial charge on any atom is 0.336 e. The van der Waals surface area contributed by atoms with E-state index in [1.54, 1.807) is 6.08 Å². The van der Waals surface area contributed by atoms with Crippen LogP contribution in [-0.4, -0.2) is 5.97 Å². The average Bonchev–Trinajstić information content (AvgIpc) is 2.57. The Balaban J connectivity index is 1.82. The minimum atomic E-state index is -0.369. The Kier molecular flexibility index (Phi) is 4.24. The maximum atomic E-state index is 12.1. The van der Waals surface area contributed by atoms with Gasteiger partial charge in [-0.15, -0.1) is 0 Å². The highest BCUT2D eigenvalue weighted by atomic mass is 16.5. The van der Waals surface area contributed by atoms with E-state index in [2.05, 4.69) is 12.1 Å². The number of fused-ring (bicyclic) bond motifs is 1. The molecule has 2 heteroatoms. The molecule has 0 fully saturated rings. The van der Waals surface area contributed by atoms with Crippen molar-refractivity contribution in [2.45, 2.75) is 13.8 Å². The maximum absolute atomic E-state index is 12.1. The summed E-state index contributed by atoms with van der Waals surface area (Å²) < 4.78 is 5.43. The number of hydrogen-bond acceptors (Lipinski definition) is 2. The van der Waals surface area contributed by atoms with Crippen LogP contribution in [0.25, 0.3) is 16.8 Å². The molecule has 114 valence electrons. The first-order valence-corrected chi connectivity index (χ1v) is 7.59. The summed E-state index contributed by atoms with van der Waals surface area (Å²) in [6, 6.07) is 19.8. The van der Waals surface area contributed by atoms with Crippen molar-refractivity contribution in [1.82, 2.24) is 0 Å². The Labute approximate surface area is 136 Å². The van der Waals surface area contributed by atoms with E-state index in [-0.39, 0.29) is 5.97 Å². The number of ether oxygens (including phenoxy) is 1. The zero-order chi connectivity index (χ0) is 16.2. The third-order valence-corrected chi connectivity index (χ3v) is 3.99. The summed E-state index contributed by atoms with van der Waals surface area (Å²) in [6.45, 7) is 3.95. The van der Waals surface area contributed by atoms with Crippen LogP contribution >= 0.6 is 0 Å². The van der Waals surface area contributed by atoms with E-state index in [1.807, 2.05) is 62.4 Å². The van der Waals surface area contributed by atoms with E-state index >= 15 is 0 Å². The molecule has 0 N–H and O–H groups in total. The van der Waals surface area contributed by atoms with Crippen LogP contribution in [0.3, 0.4) is 0 Å². The van der Waals surface area contributed by atoms with Crippen LogP contribution in [0, 0.1) is 13.8 Å². The Hall–Kier alpha value is -2.87. The van der Waals surface area contributed by atoms with Crippen LogP contribution in [0.5, 0.6) is 5.75 Å². The van der Waals surface area contributed by atoms with Gasteiger partial charge in [-0.25, -0.2) is 4.79 Å². The number of esters is 1. The van der Waals surface area contributed by atoms with Gasteiger partial charge in [-0.05, 0) is 53.5 Å². The van der Waals surface area contributed by atoms with E-state index in [0.717, 1.165) is 27.5 Å². The molecule has 0 heterocycles. The summed E-state index contributed by atoms with van der Waals surface area (Å²) in [5, 5.41) is 2.27. The summed E-state index contributed by atoms with van der Waals surface area (Å²) in [4.78, 5) is 12.1. The van der Waals surface area contributed by atoms with Crippen LogP contribution in [0.4, 0.5) is 0 Å². The van der Waals surface area contributed by atoms with Gasteiger partial charge in [-0.2, -0.15) is 0 Å². The Morgan fingerprint density at radius 2 is 1.65 bits per heavy atom. The van der Waals surface area contributed by atoms with E-state index in [4.69, 9.17) is 4.74 Å². The molecule has 0 spiro atoms. The molecular weight excluding hydrogens is 284 g/mol. The minimum Gasteiger partial charge on any atom is -0.423 e. The molecule has 0 bridgehead atoms. The molecule has 0 atom stereocenters. The third kappa shape index (κ3) is 3.32. The molecule has 0 aliphatic heterocycles. The van der Waals surface area contributed by atoms with Gasteiger partial charge in [0.1, 0.15) is 5.75 Å². The fourth-order valence-electron chi connectivity index (χ4n) is 2.53. The number of rotatable bonds is 3. The molecule has 3 aromatic carbocycles. The summed E-state index contributed by atoms with van der Waals surface area (Å²) in [5.41, 5.74) is 3.09. The minimum absolute atomic E-state index is 0.369. The SMILES string of the molecule is Cc1cccc(OC(=O)/C=C/c2cccc3ccccc23)c1C. The number of hydrogen-bond donors (Lipinski definition) is 0. The van der Waals surface area contributed by atoms with Crippen molar-refractivity contribution < 1.29 is 9.53 Å². The predicted molar refractivity (Wildman–Crippen MR) is 94.5 cm³/mol. The van der Waals surface area contributed by atoms with Gasteiger partial charge in [-0.3, -0.25) is 0 Å². The molecule has 0 aliphatic rings. The zero-order valence-corrected chi connectivity index (χ0v) is 13.2. The third-order valence-electron chi connectivity index (χ3n) is 3.99. The van der Waals surface area contributed by atoms with Crippen molar-refractivity contribution >= 4 is 22.8 Å². The van der Waals surface area contributed by atoms with Crippen LogP contribution in [0.2, 0.25) is 0 Å². The molecule has 0 saturated carbocycles. The van der Waals surface area contributed by atoms with Crippen molar-refractivity contribution in [2.24, 2.45) is 0 Å². The summed E-state index contributed by atoms with van der Waals surface area (Å²) in [5.74, 6) is 0.240. The molecule has 3 aromatic rings. The topological polar surface area (TPSA) is 26.3 Å². The lowest BCUT2D eigenvalue weighted by Crippen LogP contribution is -2.05. The second-order valence-corrected chi connectivity index (χ2v) is 5.52. The molecule has 3 rings (SSSR count). The van der Waals surface area contributed by atoms with Crippen LogP contribution in [-0.2, 0) is 4.79 Å². The normalized spacial score (nSPS) is 11.0. The molecule has 0 unspecified atom stereocenters. The summed E-state index contributed by atoms with van der Waals surface area (Å²) >= 11 is 0. The largest absolute Gasteiger partial charge is 0.423 e. The molecule has 23 heavy (non-hydrogen) atoms. The molecule has 0 aliphatic carbocycles. The van der Waals surface area contributed by atoms with Gasteiger partial charge in [0.15, 0.2) is 0 Å². The lowest BCUT2D eigenvalue weighted by atomic mass is 10.0. The number of benzene rings is 3. The Morgan fingerprint density at radius 1 is 0.913 bits per heavy atom. The van der Waals surface area contributed by atoms with Gasteiger partial charge < -0.3 is 4.74 Å². The standard InChI is InChI=1S/C21H18O2/c1-15-7-5-12-20(16(15)2)23-21(22)14-13-18-10-6-9-17-8-3-4-11-19(17)18/h3-14H,1-2H3/b14-13+. The summed E-state index contributed by atoms with van der Waals surface area (Å²) in [6.07, 6.45) is 3.28. The van der Waals surface area contributed by atoms with Crippen molar-refractivity contribution in [3.05, 3.63) is 83.4 Å². The first kappa shape index (κ1) is 15.0. The van der Waals surface area contributed by atoms with E-state index < -0.39 is 0 Å². The van der Waals surface area contributed by atoms with Crippen molar-refractivity contribution in [3.63, 3.8) is 0 Å². The van der Waals surface area contributed by atoms with Crippen LogP contribution in [0.1, 0.15) is 16.7 Å². The molecule has 2 nitrogen and oxygen atoms in total. The molecule has 0 radical (unpaired) electrons. The van der Waals surface area contributed by atoms with E-state index in [0.29, 0.717) is 5.75 Å². The van der Waals surface area contributed by atoms with Gasteiger partial charge in [0.2, 0.25) is 0 Å². The first-order chi connectivity index (χ1) is 11.1. The zero-order valence-electron chi connectivity index (χ0n) is 13.2. The van der Waals surface area contributed by atoms with Gasteiger partial charge in [0.25, 0.3) is 0 Å². The van der Waals surface area contributed by atoms with Gasteiger partial charge in [0.05, 0.1) is 0 Å². The van der Waals surface area contributed by atoms with Crippen LogP contribution < -0.4 is 4.74 Å². The van der Waals surface area contributed by atoms with E-state index in [9.17, 15) is 4.79 Å². The summed E-state index contributed by atoms with van der Waals surface area (Å²) in [7, 11) is 0. The Bertz CT molecular complexity index is 886. The second kappa shape index (κ2) is 6.49. The van der Waals surface area contributed by atoms with Gasteiger partial charge in [0, 0.05) is 6.08 Å². The number of carbonyl (C=O) groups excluding carboxylic acids is 1. The van der Waals surface area contributed by atoms with Crippen LogP contribution in [0.15, 0.2) is 66.7 Å². The lowest BCUT2D eigenvalue weighted by Gasteiger charge is -2.07. The molecule has 0 amide bonds. The van der Waals surface area contributed by atoms with Gasteiger partial charge >= 0.3 is 5.97 Å². The fourth-order valence-corrected chi connectivity index (χ4v) is 2.53. The first-order valence-electron chi connectivity index (χ1n) is 7.59. The highest BCUT2D eigenvalue weighted by Gasteiger charge is 2.06. The second-order valence-electron chi connectivity index (χ2n) is 5.52. The van der Waals surface area contributed by atoms with Crippen molar-refractivity contribution in [2.75, 3.05) is 0 Å². The number of aryl methyl sites for hydroxylation is 1. The predicted octanol–water partition coefficient (Wildman–Crippen LogP) is 5.08. The smallest absolute Gasteiger partial charge is 0.336 e. The highest BCUT2D eigenvalue weighted by Crippen LogP contribution is 2.22. The Morgan fingerprint density at radius 3 is 2.52 bits per heavy atom. The molecule has 0 saturated heterocycles. The number of carbonyl (C=O) groups is 1. The lowest BCUT2D eigenvalue weighted by molar-refractivity contribution is -0.128. The fraction of sp³-hybridized carbons (Fsp3) is 0.0952. The molecule has 0 aromatic heterocycles. The van der Waals surface area contributed by atoms with E-state index in [1.165, 1.54) is 6.08 Å². The molecular formula is C21H18O2. The highest BCUT2D eigenvalue weighted by molar-refractivity contribution is 5.95. The van der Waals surface area contributed by atoms with Crippen molar-refractivity contribution in [1.29, 1.82) is 0 Å². The van der Waals surface area contributed by atoms with Crippen molar-refractivity contribution in [3.8, 4) is 5.75 Å². The van der Waals surface area contributed by atoms with Gasteiger partial charge in [-0.1, -0.05) is 54.6 Å². The average molecular weight is 302 g/mol.